The summed E-state index contributed by atoms with van der Waals surface area (Å²) in [4.78, 5) is 8.83. The smallest absolute Gasteiger partial charge is 0.131 e. The van der Waals surface area contributed by atoms with E-state index in [2.05, 4.69) is 27.5 Å². The van der Waals surface area contributed by atoms with Crippen LogP contribution in [0.1, 0.15) is 44.9 Å². The lowest BCUT2D eigenvalue weighted by Gasteiger charge is -2.12. The van der Waals surface area contributed by atoms with Crippen molar-refractivity contribution in [2.75, 3.05) is 23.7 Å². The van der Waals surface area contributed by atoms with Crippen LogP contribution in [-0.2, 0) is 0 Å². The molecule has 0 bridgehead atoms. The summed E-state index contributed by atoms with van der Waals surface area (Å²) < 4.78 is 0. The van der Waals surface area contributed by atoms with Crippen LogP contribution in [0.4, 0.5) is 11.6 Å². The van der Waals surface area contributed by atoms with Crippen molar-refractivity contribution < 1.29 is 0 Å². The second-order valence-electron chi connectivity index (χ2n) is 5.14. The minimum Gasteiger partial charge on any atom is -0.370 e. The number of hydrogen-bond acceptors (Lipinski definition) is 4. The molecule has 1 heterocycles. The van der Waals surface area contributed by atoms with Gasteiger partial charge >= 0.3 is 0 Å². The van der Waals surface area contributed by atoms with E-state index in [1.54, 1.807) is 0 Å². The van der Waals surface area contributed by atoms with Gasteiger partial charge in [-0.2, -0.15) is 0 Å². The maximum atomic E-state index is 4.44. The van der Waals surface area contributed by atoms with Crippen LogP contribution < -0.4 is 10.6 Å². The molecule has 2 rings (SSSR count). The van der Waals surface area contributed by atoms with Gasteiger partial charge in [-0.25, -0.2) is 9.97 Å². The van der Waals surface area contributed by atoms with Gasteiger partial charge in [0.15, 0.2) is 0 Å². The molecule has 1 aromatic heterocycles. The molecule has 1 aromatic rings. The maximum Gasteiger partial charge on any atom is 0.131 e. The van der Waals surface area contributed by atoms with Crippen molar-refractivity contribution in [1.82, 2.24) is 9.97 Å². The number of hydrogen-bond donors (Lipinski definition) is 2. The standard InChI is InChI=1S/C14H24N4/c1-3-8-15-13-9-14(18-11(2)17-13)16-10-12-6-4-5-7-12/h9,12H,3-8,10H2,1-2H3,(H2,15,16,17,18). The molecule has 2 N–H and O–H groups in total. The first-order chi connectivity index (χ1) is 8.78. The highest BCUT2D eigenvalue weighted by Gasteiger charge is 2.14. The summed E-state index contributed by atoms with van der Waals surface area (Å²) in [6, 6.07) is 2.01. The average Bonchev–Trinajstić information content (AvgIpc) is 2.86. The monoisotopic (exact) mass is 248 g/mol. The fraction of sp³-hybridized carbons (Fsp3) is 0.714. The Balaban J connectivity index is 1.91. The molecule has 1 saturated carbocycles. The Morgan fingerprint density at radius 1 is 1.17 bits per heavy atom. The van der Waals surface area contributed by atoms with Crippen LogP contribution in [0.3, 0.4) is 0 Å². The second-order valence-corrected chi connectivity index (χ2v) is 5.14. The van der Waals surface area contributed by atoms with E-state index in [9.17, 15) is 0 Å². The molecule has 0 spiro atoms. The van der Waals surface area contributed by atoms with Gasteiger partial charge < -0.3 is 10.6 Å². The summed E-state index contributed by atoms with van der Waals surface area (Å²) in [6.45, 7) is 6.10. The third-order valence-corrected chi connectivity index (χ3v) is 3.44. The van der Waals surface area contributed by atoms with Crippen molar-refractivity contribution in [3.63, 3.8) is 0 Å². The van der Waals surface area contributed by atoms with Gasteiger partial charge in [0.25, 0.3) is 0 Å². The number of nitrogens with zero attached hydrogens (tertiary/aromatic N) is 2. The molecule has 1 aliphatic rings. The third-order valence-electron chi connectivity index (χ3n) is 3.44. The molecule has 1 aliphatic carbocycles. The summed E-state index contributed by atoms with van der Waals surface area (Å²) in [6.07, 6.45) is 6.60. The highest BCUT2D eigenvalue weighted by molar-refractivity contribution is 5.47. The molecular weight excluding hydrogens is 224 g/mol. The number of nitrogens with one attached hydrogen (secondary N) is 2. The van der Waals surface area contributed by atoms with E-state index in [0.717, 1.165) is 42.9 Å². The Bertz CT molecular complexity index is 372. The largest absolute Gasteiger partial charge is 0.370 e. The summed E-state index contributed by atoms with van der Waals surface area (Å²) in [5.74, 6) is 3.53. The Morgan fingerprint density at radius 2 is 1.83 bits per heavy atom. The highest BCUT2D eigenvalue weighted by atomic mass is 15.1. The Kier molecular flexibility index (Phi) is 4.79. The number of rotatable bonds is 6. The van der Waals surface area contributed by atoms with Gasteiger partial charge in [-0.05, 0) is 32.1 Å². The van der Waals surface area contributed by atoms with Gasteiger partial charge in [-0.1, -0.05) is 19.8 Å². The van der Waals surface area contributed by atoms with Crippen molar-refractivity contribution in [2.45, 2.75) is 46.0 Å². The molecule has 0 aromatic carbocycles. The molecule has 0 saturated heterocycles. The first-order valence-electron chi connectivity index (χ1n) is 7.11. The molecule has 4 nitrogen and oxygen atoms in total. The molecule has 1 fully saturated rings. The molecule has 0 atom stereocenters. The number of aromatic nitrogens is 2. The average molecular weight is 248 g/mol. The number of anilines is 2. The fourth-order valence-corrected chi connectivity index (χ4v) is 2.47. The van der Waals surface area contributed by atoms with Gasteiger partial charge in [0.2, 0.25) is 0 Å². The summed E-state index contributed by atoms with van der Waals surface area (Å²) in [5.41, 5.74) is 0. The van der Waals surface area contributed by atoms with E-state index in [4.69, 9.17) is 0 Å². The normalized spacial score (nSPS) is 15.9. The molecule has 0 amide bonds. The zero-order valence-electron chi connectivity index (χ0n) is 11.5. The lowest BCUT2D eigenvalue weighted by Crippen LogP contribution is -2.13. The molecule has 0 aliphatic heterocycles. The van der Waals surface area contributed by atoms with E-state index in [1.165, 1.54) is 25.7 Å². The summed E-state index contributed by atoms with van der Waals surface area (Å²) >= 11 is 0. The maximum absolute atomic E-state index is 4.44. The second kappa shape index (κ2) is 6.57. The fourth-order valence-electron chi connectivity index (χ4n) is 2.47. The lowest BCUT2D eigenvalue weighted by atomic mass is 10.1. The van der Waals surface area contributed by atoms with E-state index < -0.39 is 0 Å². The van der Waals surface area contributed by atoms with Crippen LogP contribution in [-0.4, -0.2) is 23.1 Å². The van der Waals surface area contributed by atoms with Crippen LogP contribution in [0, 0.1) is 12.8 Å². The predicted octanol–water partition coefficient (Wildman–Crippen LogP) is 3.21. The summed E-state index contributed by atoms with van der Waals surface area (Å²) in [7, 11) is 0. The zero-order chi connectivity index (χ0) is 12.8. The van der Waals surface area contributed by atoms with Crippen molar-refractivity contribution >= 4 is 11.6 Å². The third kappa shape index (κ3) is 3.86. The zero-order valence-corrected chi connectivity index (χ0v) is 11.5. The van der Waals surface area contributed by atoms with Crippen molar-refractivity contribution in [2.24, 2.45) is 5.92 Å². The molecule has 0 unspecified atom stereocenters. The van der Waals surface area contributed by atoms with Gasteiger partial charge in [0.05, 0.1) is 0 Å². The molecule has 18 heavy (non-hydrogen) atoms. The number of aryl methyl sites for hydroxylation is 1. The van der Waals surface area contributed by atoms with Crippen molar-refractivity contribution in [3.05, 3.63) is 11.9 Å². The molecule has 0 radical (unpaired) electrons. The molecular formula is C14H24N4. The van der Waals surface area contributed by atoms with Gasteiger partial charge in [-0.15, -0.1) is 0 Å². The van der Waals surface area contributed by atoms with Crippen molar-refractivity contribution in [3.8, 4) is 0 Å². The minimum atomic E-state index is 0.824. The highest BCUT2D eigenvalue weighted by Crippen LogP contribution is 2.24. The van der Waals surface area contributed by atoms with Crippen LogP contribution in [0.5, 0.6) is 0 Å². The van der Waals surface area contributed by atoms with Crippen LogP contribution in [0.2, 0.25) is 0 Å². The van der Waals surface area contributed by atoms with E-state index >= 15 is 0 Å². The SMILES string of the molecule is CCCNc1cc(NCC2CCCC2)nc(C)n1. The van der Waals surface area contributed by atoms with Crippen LogP contribution in [0.15, 0.2) is 6.07 Å². The lowest BCUT2D eigenvalue weighted by molar-refractivity contribution is 0.578. The van der Waals surface area contributed by atoms with Crippen LogP contribution >= 0.6 is 0 Å². The quantitative estimate of drug-likeness (QED) is 0.811. The topological polar surface area (TPSA) is 49.8 Å². The Hall–Kier alpha value is -1.32. The predicted molar refractivity (Wildman–Crippen MR) is 76.0 cm³/mol. The van der Waals surface area contributed by atoms with Gasteiger partial charge in [-0.3, -0.25) is 0 Å². The molecule has 100 valence electrons. The van der Waals surface area contributed by atoms with E-state index in [1.807, 2.05) is 13.0 Å². The van der Waals surface area contributed by atoms with Gasteiger partial charge in [0.1, 0.15) is 17.5 Å². The van der Waals surface area contributed by atoms with Gasteiger partial charge in [0, 0.05) is 19.2 Å². The minimum absolute atomic E-state index is 0.824. The first-order valence-corrected chi connectivity index (χ1v) is 7.11. The van der Waals surface area contributed by atoms with E-state index in [0.29, 0.717) is 0 Å². The Morgan fingerprint density at radius 3 is 2.50 bits per heavy atom. The van der Waals surface area contributed by atoms with E-state index in [-0.39, 0.29) is 0 Å². The van der Waals surface area contributed by atoms with Crippen LogP contribution in [0.25, 0.3) is 0 Å². The first kappa shape index (κ1) is 13.1. The van der Waals surface area contributed by atoms with Crippen molar-refractivity contribution in [1.29, 1.82) is 0 Å². The Labute approximate surface area is 110 Å². The molecule has 4 heteroatoms. The summed E-state index contributed by atoms with van der Waals surface area (Å²) in [5, 5.41) is 6.77.